The van der Waals surface area contributed by atoms with E-state index in [1.54, 1.807) is 5.20 Å². The van der Waals surface area contributed by atoms with Crippen molar-refractivity contribution in [3.8, 4) is 0 Å². The first-order valence-corrected chi connectivity index (χ1v) is 15.9. The Bertz CT molecular complexity index is 1140. The molecule has 0 fully saturated rings. The van der Waals surface area contributed by atoms with E-state index in [2.05, 4.69) is 140 Å². The second-order valence-electron chi connectivity index (χ2n) is 11.8. The van der Waals surface area contributed by atoms with Gasteiger partial charge in [0.15, 0.2) is 8.07 Å². The summed E-state index contributed by atoms with van der Waals surface area (Å²) in [6.45, 7) is 18.5. The minimum Gasteiger partial charge on any atom is -0.0773 e. The standard InChI is InChI=1S/C35H44Si/c1-24(2)28-12-9-15-32(20-28)36(35-19-18-31(23-35)27(7)8,33-16-10-13-29(21-33)25(3)4)34-17-11-14-30(22-34)26(5)6/h9-18,20-27H,19H2,1-8H3. The highest BCUT2D eigenvalue weighted by Gasteiger charge is 2.44. The zero-order valence-electron chi connectivity index (χ0n) is 23.6. The van der Waals surface area contributed by atoms with E-state index < -0.39 is 8.07 Å². The van der Waals surface area contributed by atoms with E-state index in [1.807, 2.05) is 0 Å². The Hall–Kier alpha value is -2.64. The normalized spacial score (nSPS) is 14.2. The van der Waals surface area contributed by atoms with E-state index in [-0.39, 0.29) is 0 Å². The molecule has 0 aromatic heterocycles. The van der Waals surface area contributed by atoms with E-state index >= 15 is 0 Å². The molecule has 0 bridgehead atoms. The molecule has 188 valence electrons. The van der Waals surface area contributed by atoms with E-state index in [0.717, 1.165) is 6.42 Å². The van der Waals surface area contributed by atoms with Crippen LogP contribution in [0.3, 0.4) is 0 Å². The van der Waals surface area contributed by atoms with Gasteiger partial charge in [-0.3, -0.25) is 0 Å². The quantitative estimate of drug-likeness (QED) is 0.221. The number of benzene rings is 3. The Labute approximate surface area is 221 Å². The third-order valence-corrected chi connectivity index (χ3v) is 12.8. The second kappa shape index (κ2) is 10.8. The highest BCUT2D eigenvalue weighted by molar-refractivity contribution is 7.16. The molecule has 0 aliphatic heterocycles. The third kappa shape index (κ3) is 4.96. The van der Waals surface area contributed by atoms with Crippen LogP contribution in [0.4, 0.5) is 0 Å². The first-order valence-electron chi connectivity index (χ1n) is 13.9. The molecular formula is C35H44Si. The van der Waals surface area contributed by atoms with Crippen LogP contribution in [0.2, 0.25) is 0 Å². The Balaban J connectivity index is 2.13. The van der Waals surface area contributed by atoms with Crippen LogP contribution >= 0.6 is 0 Å². The van der Waals surface area contributed by atoms with E-state index in [0.29, 0.717) is 23.7 Å². The molecule has 0 saturated heterocycles. The Morgan fingerprint density at radius 3 is 1.22 bits per heavy atom. The van der Waals surface area contributed by atoms with Crippen molar-refractivity contribution < 1.29 is 0 Å². The maximum absolute atomic E-state index is 2.57. The van der Waals surface area contributed by atoms with Gasteiger partial charge in [0.1, 0.15) is 0 Å². The van der Waals surface area contributed by atoms with Crippen molar-refractivity contribution in [1.29, 1.82) is 0 Å². The van der Waals surface area contributed by atoms with Crippen LogP contribution in [-0.4, -0.2) is 8.07 Å². The fourth-order valence-electron chi connectivity index (χ4n) is 5.66. The molecule has 0 amide bonds. The van der Waals surface area contributed by atoms with Gasteiger partial charge in [-0.1, -0.05) is 146 Å². The molecule has 3 aromatic rings. The monoisotopic (exact) mass is 492 g/mol. The van der Waals surface area contributed by atoms with Crippen LogP contribution in [0.5, 0.6) is 0 Å². The van der Waals surface area contributed by atoms with Crippen molar-refractivity contribution in [3.05, 3.63) is 112 Å². The van der Waals surface area contributed by atoms with Crippen molar-refractivity contribution in [3.63, 3.8) is 0 Å². The fourth-order valence-corrected chi connectivity index (χ4v) is 10.8. The van der Waals surface area contributed by atoms with Gasteiger partial charge in [-0.25, -0.2) is 0 Å². The van der Waals surface area contributed by atoms with Gasteiger partial charge in [0.2, 0.25) is 0 Å². The topological polar surface area (TPSA) is 0 Å². The molecule has 0 heterocycles. The van der Waals surface area contributed by atoms with Crippen LogP contribution in [0.1, 0.15) is 96.3 Å². The SMILES string of the molecule is CC(C)C1=CCC([Si](c2cccc(C(C)C)c2)(c2cccc(C(C)C)c2)c2cccc(C(C)C)c2)=C1. The predicted octanol–water partition coefficient (Wildman–Crippen LogP) is 7.98. The zero-order valence-corrected chi connectivity index (χ0v) is 24.6. The smallest absolute Gasteiger partial charge is 0.0773 e. The highest BCUT2D eigenvalue weighted by atomic mass is 28.3. The molecule has 3 aromatic carbocycles. The van der Waals surface area contributed by atoms with Crippen LogP contribution in [0.25, 0.3) is 0 Å². The van der Waals surface area contributed by atoms with E-state index in [4.69, 9.17) is 0 Å². The maximum atomic E-state index is 2.57. The van der Waals surface area contributed by atoms with Gasteiger partial charge < -0.3 is 0 Å². The summed E-state index contributed by atoms with van der Waals surface area (Å²) in [4.78, 5) is 0. The van der Waals surface area contributed by atoms with Crippen LogP contribution in [-0.2, 0) is 0 Å². The molecular weight excluding hydrogens is 448 g/mol. The van der Waals surface area contributed by atoms with Crippen molar-refractivity contribution >= 4 is 23.6 Å². The summed E-state index contributed by atoms with van der Waals surface area (Å²) in [5.41, 5.74) is 5.78. The van der Waals surface area contributed by atoms with E-state index in [9.17, 15) is 0 Å². The molecule has 0 unspecified atom stereocenters. The van der Waals surface area contributed by atoms with Gasteiger partial charge in [-0.05, 0) is 67.9 Å². The average molecular weight is 493 g/mol. The van der Waals surface area contributed by atoms with Crippen LogP contribution in [0, 0.1) is 5.92 Å². The maximum Gasteiger partial charge on any atom is 0.175 e. The third-order valence-electron chi connectivity index (χ3n) is 8.01. The summed E-state index contributed by atoms with van der Waals surface area (Å²) < 4.78 is 0. The number of hydrogen-bond donors (Lipinski definition) is 0. The lowest BCUT2D eigenvalue weighted by atomic mass is 10.0. The summed E-state index contributed by atoms with van der Waals surface area (Å²) in [7, 11) is -2.50. The molecule has 0 N–H and O–H groups in total. The van der Waals surface area contributed by atoms with Gasteiger partial charge in [0, 0.05) is 0 Å². The molecule has 0 atom stereocenters. The molecule has 1 heteroatoms. The molecule has 0 spiro atoms. The minimum atomic E-state index is -2.50. The number of hydrogen-bond acceptors (Lipinski definition) is 0. The summed E-state index contributed by atoms with van der Waals surface area (Å²) in [6.07, 6.45) is 6.11. The Kier molecular flexibility index (Phi) is 7.90. The first kappa shape index (κ1) is 26.4. The minimum absolute atomic E-state index is 0.502. The molecule has 0 radical (unpaired) electrons. The fraction of sp³-hybridized carbons (Fsp3) is 0.371. The summed E-state index contributed by atoms with van der Waals surface area (Å²) in [5, 5.41) is 6.16. The molecule has 1 aliphatic rings. The number of rotatable bonds is 8. The zero-order chi connectivity index (χ0) is 26.0. The molecule has 1 aliphatic carbocycles. The van der Waals surface area contributed by atoms with Crippen LogP contribution < -0.4 is 15.6 Å². The summed E-state index contributed by atoms with van der Waals surface area (Å²) in [5.74, 6) is 2.05. The number of allylic oxidation sites excluding steroid dienone is 4. The van der Waals surface area contributed by atoms with E-state index in [1.165, 1.54) is 37.8 Å². The lowest BCUT2D eigenvalue weighted by Gasteiger charge is -2.37. The molecule has 0 nitrogen and oxygen atoms in total. The van der Waals surface area contributed by atoms with Gasteiger partial charge in [0.05, 0.1) is 0 Å². The van der Waals surface area contributed by atoms with Gasteiger partial charge in [-0.2, -0.15) is 0 Å². The van der Waals surface area contributed by atoms with Crippen LogP contribution in [0.15, 0.2) is 95.7 Å². The molecule has 36 heavy (non-hydrogen) atoms. The van der Waals surface area contributed by atoms with Gasteiger partial charge >= 0.3 is 0 Å². The van der Waals surface area contributed by atoms with Gasteiger partial charge in [0.25, 0.3) is 0 Å². The lowest BCUT2D eigenvalue weighted by Crippen LogP contribution is -2.68. The molecule has 0 saturated carbocycles. The van der Waals surface area contributed by atoms with Gasteiger partial charge in [-0.15, -0.1) is 0 Å². The summed E-state index contributed by atoms with van der Waals surface area (Å²) in [6, 6.07) is 28.7. The van der Waals surface area contributed by atoms with Crippen molar-refractivity contribution in [2.75, 3.05) is 0 Å². The highest BCUT2D eigenvalue weighted by Crippen LogP contribution is 2.32. The van der Waals surface area contributed by atoms with Crippen molar-refractivity contribution in [2.45, 2.75) is 79.6 Å². The second-order valence-corrected chi connectivity index (χ2v) is 15.7. The Morgan fingerprint density at radius 1 is 0.528 bits per heavy atom. The average Bonchev–Trinajstić information content (AvgIpc) is 3.36. The Morgan fingerprint density at radius 2 is 0.917 bits per heavy atom. The van der Waals surface area contributed by atoms with Crippen molar-refractivity contribution in [2.24, 2.45) is 5.92 Å². The largest absolute Gasteiger partial charge is 0.175 e. The summed E-state index contributed by atoms with van der Waals surface area (Å²) >= 11 is 0. The predicted molar refractivity (Wildman–Crippen MR) is 162 cm³/mol. The molecule has 4 rings (SSSR count). The first-order chi connectivity index (χ1) is 17.1. The lowest BCUT2D eigenvalue weighted by molar-refractivity contribution is 0.793. The van der Waals surface area contributed by atoms with Crippen molar-refractivity contribution in [1.82, 2.24) is 0 Å².